The van der Waals surface area contributed by atoms with Gasteiger partial charge >= 0.3 is 0 Å². The van der Waals surface area contributed by atoms with Crippen LogP contribution < -0.4 is 10.1 Å². The molecule has 0 saturated carbocycles. The molecular weight excluding hydrogens is 378 g/mol. The lowest BCUT2D eigenvalue weighted by Gasteiger charge is -2.16. The Bertz CT molecular complexity index is 1100. The van der Waals surface area contributed by atoms with Crippen LogP contribution in [0.25, 0.3) is 11.3 Å². The number of hydrogen-bond acceptors (Lipinski definition) is 7. The highest BCUT2D eigenvalue weighted by molar-refractivity contribution is 5.62. The van der Waals surface area contributed by atoms with Crippen molar-refractivity contribution >= 4 is 5.82 Å². The molecule has 8 nitrogen and oxygen atoms in total. The summed E-state index contributed by atoms with van der Waals surface area (Å²) < 4.78 is 5.47. The number of aromatic amines is 1. The number of methoxy groups -OCH3 is 1. The summed E-state index contributed by atoms with van der Waals surface area (Å²) in [6, 6.07) is 14.0. The molecule has 0 aliphatic carbocycles. The Morgan fingerprint density at radius 2 is 1.93 bits per heavy atom. The van der Waals surface area contributed by atoms with Gasteiger partial charge in [0.05, 0.1) is 12.8 Å². The van der Waals surface area contributed by atoms with E-state index in [1.54, 1.807) is 19.6 Å². The van der Waals surface area contributed by atoms with E-state index in [1.165, 1.54) is 6.33 Å². The van der Waals surface area contributed by atoms with Gasteiger partial charge in [0.15, 0.2) is 0 Å². The third-order valence-corrected chi connectivity index (χ3v) is 4.85. The van der Waals surface area contributed by atoms with Crippen molar-refractivity contribution in [3.8, 4) is 17.0 Å². The van der Waals surface area contributed by atoms with E-state index in [0.29, 0.717) is 6.42 Å². The molecule has 0 spiro atoms. The summed E-state index contributed by atoms with van der Waals surface area (Å²) in [6.45, 7) is 2.88. The molecular formula is C22H23N7O. The Morgan fingerprint density at radius 3 is 2.77 bits per heavy atom. The number of benzene rings is 1. The zero-order chi connectivity index (χ0) is 20.8. The number of pyridine rings is 1. The second kappa shape index (κ2) is 9.13. The zero-order valence-electron chi connectivity index (χ0n) is 16.9. The predicted octanol–water partition coefficient (Wildman–Crippen LogP) is 3.47. The lowest BCUT2D eigenvalue weighted by molar-refractivity contribution is 0.407. The van der Waals surface area contributed by atoms with Gasteiger partial charge in [-0.1, -0.05) is 25.1 Å². The van der Waals surface area contributed by atoms with Crippen molar-refractivity contribution in [2.45, 2.75) is 19.3 Å². The van der Waals surface area contributed by atoms with Crippen LogP contribution in [0.15, 0.2) is 61.3 Å². The van der Waals surface area contributed by atoms with Crippen molar-refractivity contribution in [1.82, 2.24) is 30.1 Å². The maximum atomic E-state index is 5.47. The van der Waals surface area contributed by atoms with Gasteiger partial charge in [-0.3, -0.25) is 10.1 Å². The summed E-state index contributed by atoms with van der Waals surface area (Å²) in [5.74, 6) is 2.70. The number of ether oxygens (including phenoxy) is 1. The SMILES string of the molecule is COc1ccccc1[C@H](C)CNc1cc(-c2ccnc(Cc3ncn[nH]3)c2)ncn1. The summed E-state index contributed by atoms with van der Waals surface area (Å²) in [5.41, 5.74) is 3.86. The Morgan fingerprint density at radius 1 is 1.03 bits per heavy atom. The summed E-state index contributed by atoms with van der Waals surface area (Å²) in [5, 5.41) is 10.1. The van der Waals surface area contributed by atoms with Gasteiger partial charge in [0.1, 0.15) is 30.0 Å². The molecule has 1 atom stereocenters. The topological polar surface area (TPSA) is 102 Å². The molecule has 0 aliphatic heterocycles. The predicted molar refractivity (Wildman–Crippen MR) is 114 cm³/mol. The van der Waals surface area contributed by atoms with E-state index in [-0.39, 0.29) is 5.92 Å². The van der Waals surface area contributed by atoms with Crippen molar-refractivity contribution < 1.29 is 4.74 Å². The van der Waals surface area contributed by atoms with Crippen LogP contribution >= 0.6 is 0 Å². The number of nitrogens with one attached hydrogen (secondary N) is 2. The summed E-state index contributed by atoms with van der Waals surface area (Å²) in [6.07, 6.45) is 5.43. The highest BCUT2D eigenvalue weighted by Crippen LogP contribution is 2.26. The molecule has 0 bridgehead atoms. The van der Waals surface area contributed by atoms with Crippen molar-refractivity contribution in [2.75, 3.05) is 19.0 Å². The van der Waals surface area contributed by atoms with Gasteiger partial charge in [0.2, 0.25) is 0 Å². The van der Waals surface area contributed by atoms with Crippen LogP contribution in [-0.4, -0.2) is 43.8 Å². The van der Waals surface area contributed by atoms with Gasteiger partial charge in [-0.05, 0) is 23.8 Å². The molecule has 8 heteroatoms. The molecule has 2 N–H and O–H groups in total. The highest BCUT2D eigenvalue weighted by atomic mass is 16.5. The highest BCUT2D eigenvalue weighted by Gasteiger charge is 2.11. The average Bonchev–Trinajstić information content (AvgIpc) is 3.31. The van der Waals surface area contributed by atoms with E-state index < -0.39 is 0 Å². The smallest absolute Gasteiger partial charge is 0.137 e. The molecule has 0 aliphatic rings. The number of H-pyrrole nitrogens is 1. The molecule has 0 fully saturated rings. The van der Waals surface area contributed by atoms with E-state index in [0.717, 1.165) is 46.5 Å². The quantitative estimate of drug-likeness (QED) is 0.466. The van der Waals surface area contributed by atoms with Gasteiger partial charge in [-0.2, -0.15) is 5.10 Å². The normalized spacial score (nSPS) is 11.8. The maximum absolute atomic E-state index is 5.47. The number of rotatable bonds is 8. The van der Waals surface area contributed by atoms with E-state index >= 15 is 0 Å². The van der Waals surface area contributed by atoms with Crippen LogP contribution in [0, 0.1) is 0 Å². The molecule has 3 aromatic heterocycles. The molecule has 30 heavy (non-hydrogen) atoms. The molecule has 0 unspecified atom stereocenters. The van der Waals surface area contributed by atoms with Crippen LogP contribution in [-0.2, 0) is 6.42 Å². The molecule has 152 valence electrons. The van der Waals surface area contributed by atoms with Crippen molar-refractivity contribution in [3.05, 3.63) is 78.4 Å². The number of para-hydroxylation sites is 1. The lowest BCUT2D eigenvalue weighted by Crippen LogP contribution is -2.12. The Hall–Kier alpha value is -3.81. The van der Waals surface area contributed by atoms with Crippen LogP contribution in [0.5, 0.6) is 5.75 Å². The van der Waals surface area contributed by atoms with Gasteiger partial charge in [0.25, 0.3) is 0 Å². The summed E-state index contributed by atoms with van der Waals surface area (Å²) in [4.78, 5) is 17.4. The molecule has 0 saturated heterocycles. The third-order valence-electron chi connectivity index (χ3n) is 4.85. The first-order chi connectivity index (χ1) is 14.7. The Balaban J connectivity index is 1.46. The van der Waals surface area contributed by atoms with Crippen molar-refractivity contribution in [2.24, 2.45) is 0 Å². The summed E-state index contributed by atoms with van der Waals surface area (Å²) in [7, 11) is 1.70. The van der Waals surface area contributed by atoms with E-state index in [4.69, 9.17) is 4.74 Å². The van der Waals surface area contributed by atoms with Gasteiger partial charge < -0.3 is 10.1 Å². The molecule has 0 radical (unpaired) electrons. The second-order valence-electron chi connectivity index (χ2n) is 6.96. The van der Waals surface area contributed by atoms with E-state index in [2.05, 4.69) is 48.4 Å². The van der Waals surface area contributed by atoms with Gasteiger partial charge in [0, 0.05) is 42.4 Å². The van der Waals surface area contributed by atoms with E-state index in [1.807, 2.05) is 36.4 Å². The Kier molecular flexibility index (Phi) is 5.93. The van der Waals surface area contributed by atoms with E-state index in [9.17, 15) is 0 Å². The first-order valence-electron chi connectivity index (χ1n) is 9.71. The van der Waals surface area contributed by atoms with Crippen LogP contribution in [0.4, 0.5) is 5.82 Å². The maximum Gasteiger partial charge on any atom is 0.137 e. The number of anilines is 1. The molecule has 3 heterocycles. The number of hydrogen-bond donors (Lipinski definition) is 2. The monoisotopic (exact) mass is 401 g/mol. The molecule has 0 amide bonds. The fourth-order valence-corrected chi connectivity index (χ4v) is 3.27. The zero-order valence-corrected chi connectivity index (χ0v) is 16.9. The lowest BCUT2D eigenvalue weighted by atomic mass is 10.00. The largest absolute Gasteiger partial charge is 0.496 e. The molecule has 1 aromatic carbocycles. The number of nitrogens with zero attached hydrogens (tertiary/aromatic N) is 5. The van der Waals surface area contributed by atoms with Crippen LogP contribution in [0.1, 0.15) is 29.9 Å². The minimum atomic E-state index is 0.258. The van der Waals surface area contributed by atoms with Gasteiger partial charge in [-0.25, -0.2) is 15.0 Å². The first kappa shape index (κ1) is 19.5. The first-order valence-corrected chi connectivity index (χ1v) is 9.71. The standard InChI is InChI=1S/C22H23N7O/c1-15(18-5-3-4-6-20(18)30-2)12-24-21-11-19(25-13-26-21)16-7-8-23-17(9-16)10-22-27-14-28-29-22/h3-9,11,13-15H,10,12H2,1-2H3,(H,24,25,26)(H,27,28,29)/t15-/m1/s1. The minimum absolute atomic E-state index is 0.258. The average molecular weight is 401 g/mol. The number of aromatic nitrogens is 6. The fourth-order valence-electron chi connectivity index (χ4n) is 3.27. The fraction of sp³-hybridized carbons (Fsp3) is 0.227. The minimum Gasteiger partial charge on any atom is -0.496 e. The van der Waals surface area contributed by atoms with Crippen molar-refractivity contribution in [3.63, 3.8) is 0 Å². The van der Waals surface area contributed by atoms with Crippen molar-refractivity contribution in [1.29, 1.82) is 0 Å². The van der Waals surface area contributed by atoms with Crippen LogP contribution in [0.3, 0.4) is 0 Å². The third kappa shape index (κ3) is 4.60. The second-order valence-corrected chi connectivity index (χ2v) is 6.96. The molecule has 4 aromatic rings. The van der Waals surface area contributed by atoms with Gasteiger partial charge in [-0.15, -0.1) is 0 Å². The molecule has 4 rings (SSSR count). The Labute approximate surface area is 174 Å². The summed E-state index contributed by atoms with van der Waals surface area (Å²) >= 11 is 0. The van der Waals surface area contributed by atoms with Crippen LogP contribution in [0.2, 0.25) is 0 Å².